The topological polar surface area (TPSA) is 87.6 Å². The Hall–Kier alpha value is -1.44. The van der Waals surface area contributed by atoms with E-state index in [4.69, 9.17) is 21.4 Å². The van der Waals surface area contributed by atoms with Gasteiger partial charge in [-0.2, -0.15) is 0 Å². The van der Waals surface area contributed by atoms with E-state index < -0.39 is 5.97 Å². The maximum atomic E-state index is 10.9. The first-order valence-corrected chi connectivity index (χ1v) is 8.30. The van der Waals surface area contributed by atoms with Gasteiger partial charge in [0.15, 0.2) is 0 Å². The van der Waals surface area contributed by atoms with Crippen molar-refractivity contribution >= 4 is 23.4 Å². The summed E-state index contributed by atoms with van der Waals surface area (Å²) in [6, 6.07) is 0.136. The molecule has 0 spiro atoms. The SMILES string of the molecule is CC1COCCN1c1nc(Cl)nc2c1CCNC2CCC(=O)O. The molecule has 3 rings (SSSR count). The van der Waals surface area contributed by atoms with Gasteiger partial charge in [-0.1, -0.05) is 0 Å². The fourth-order valence-corrected chi connectivity index (χ4v) is 3.41. The second-order valence-corrected chi connectivity index (χ2v) is 6.32. The average Bonchev–Trinajstić information content (AvgIpc) is 2.52. The summed E-state index contributed by atoms with van der Waals surface area (Å²) in [5.74, 6) is 0.0683. The van der Waals surface area contributed by atoms with Crippen LogP contribution in [0.2, 0.25) is 5.28 Å². The number of hydrogen-bond donors (Lipinski definition) is 2. The third-order valence-corrected chi connectivity index (χ3v) is 4.54. The number of rotatable bonds is 4. The molecule has 2 aliphatic heterocycles. The molecule has 0 amide bonds. The number of carbonyl (C=O) groups is 1. The van der Waals surface area contributed by atoms with Crippen molar-refractivity contribution in [2.45, 2.75) is 38.3 Å². The third kappa shape index (κ3) is 3.57. The van der Waals surface area contributed by atoms with Crippen molar-refractivity contribution in [3.8, 4) is 0 Å². The number of ether oxygens (including phenoxy) is 1. The highest BCUT2D eigenvalue weighted by Gasteiger charge is 2.30. The molecule has 1 aromatic heterocycles. The summed E-state index contributed by atoms with van der Waals surface area (Å²) >= 11 is 6.15. The summed E-state index contributed by atoms with van der Waals surface area (Å²) in [7, 11) is 0. The van der Waals surface area contributed by atoms with Crippen LogP contribution in [-0.2, 0) is 16.0 Å². The van der Waals surface area contributed by atoms with E-state index in [0.717, 1.165) is 36.6 Å². The quantitative estimate of drug-likeness (QED) is 0.801. The summed E-state index contributed by atoms with van der Waals surface area (Å²) in [6.45, 7) is 4.99. The fourth-order valence-electron chi connectivity index (χ4n) is 3.24. The van der Waals surface area contributed by atoms with Crippen LogP contribution in [0.5, 0.6) is 0 Å². The molecule has 0 radical (unpaired) electrons. The molecule has 2 aliphatic rings. The first-order valence-electron chi connectivity index (χ1n) is 7.92. The number of carboxylic acid groups (broad SMARTS) is 1. The number of morpholine rings is 1. The molecule has 0 bridgehead atoms. The van der Waals surface area contributed by atoms with Gasteiger partial charge >= 0.3 is 5.97 Å². The van der Waals surface area contributed by atoms with Crippen molar-refractivity contribution in [3.05, 3.63) is 16.5 Å². The molecule has 126 valence electrons. The fraction of sp³-hybridized carbons (Fsp3) is 0.667. The molecule has 2 atom stereocenters. The second-order valence-electron chi connectivity index (χ2n) is 5.99. The van der Waals surface area contributed by atoms with Gasteiger partial charge in [-0.05, 0) is 31.4 Å². The van der Waals surface area contributed by atoms with Crippen molar-refractivity contribution in [3.63, 3.8) is 0 Å². The minimum atomic E-state index is -0.805. The predicted molar refractivity (Wildman–Crippen MR) is 86.0 cm³/mol. The number of hydrogen-bond acceptors (Lipinski definition) is 6. The molecule has 7 nitrogen and oxygen atoms in total. The molecule has 2 N–H and O–H groups in total. The first-order chi connectivity index (χ1) is 11.1. The Morgan fingerprint density at radius 2 is 2.35 bits per heavy atom. The summed E-state index contributed by atoms with van der Waals surface area (Å²) < 4.78 is 5.50. The standard InChI is InChI=1S/C15H21ClN4O3/c1-9-8-23-7-6-20(9)14-10-4-5-17-11(2-3-12(21)22)13(10)18-15(16)19-14/h9,11,17H,2-8H2,1H3,(H,21,22). The highest BCUT2D eigenvalue weighted by molar-refractivity contribution is 6.28. The van der Waals surface area contributed by atoms with Gasteiger partial charge in [-0.25, -0.2) is 9.97 Å². The maximum Gasteiger partial charge on any atom is 0.303 e. The van der Waals surface area contributed by atoms with Crippen molar-refractivity contribution in [2.24, 2.45) is 0 Å². The van der Waals surface area contributed by atoms with Gasteiger partial charge < -0.3 is 20.1 Å². The van der Waals surface area contributed by atoms with Crippen LogP contribution < -0.4 is 10.2 Å². The van der Waals surface area contributed by atoms with Gasteiger partial charge in [-0.3, -0.25) is 4.79 Å². The van der Waals surface area contributed by atoms with E-state index in [1.807, 2.05) is 0 Å². The number of nitrogens with one attached hydrogen (secondary N) is 1. The minimum absolute atomic E-state index is 0.0922. The molecule has 3 heterocycles. The molecular weight excluding hydrogens is 320 g/mol. The molecule has 1 aromatic rings. The molecular formula is C15H21ClN4O3. The Morgan fingerprint density at radius 1 is 1.52 bits per heavy atom. The number of fused-ring (bicyclic) bond motifs is 1. The predicted octanol–water partition coefficient (Wildman–Crippen LogP) is 1.41. The van der Waals surface area contributed by atoms with Gasteiger partial charge in [0.05, 0.1) is 31.0 Å². The summed E-state index contributed by atoms with van der Waals surface area (Å²) in [6.07, 6.45) is 1.41. The summed E-state index contributed by atoms with van der Waals surface area (Å²) in [4.78, 5) is 22.0. The zero-order valence-corrected chi connectivity index (χ0v) is 13.8. The molecule has 23 heavy (non-hydrogen) atoms. The summed E-state index contributed by atoms with van der Waals surface area (Å²) in [5.41, 5.74) is 1.92. The van der Waals surface area contributed by atoms with Gasteiger partial charge in [0.1, 0.15) is 5.82 Å². The van der Waals surface area contributed by atoms with Gasteiger partial charge in [-0.15, -0.1) is 0 Å². The largest absolute Gasteiger partial charge is 0.481 e. The van der Waals surface area contributed by atoms with Crippen LogP contribution >= 0.6 is 11.6 Å². The number of aliphatic carboxylic acids is 1. The Kier molecular flexibility index (Phi) is 4.99. The van der Waals surface area contributed by atoms with E-state index in [0.29, 0.717) is 19.6 Å². The molecule has 0 aliphatic carbocycles. The lowest BCUT2D eigenvalue weighted by molar-refractivity contribution is -0.137. The monoisotopic (exact) mass is 340 g/mol. The van der Waals surface area contributed by atoms with Crippen molar-refractivity contribution < 1.29 is 14.6 Å². The van der Waals surface area contributed by atoms with E-state index >= 15 is 0 Å². The van der Waals surface area contributed by atoms with E-state index in [1.165, 1.54) is 0 Å². The van der Waals surface area contributed by atoms with Crippen molar-refractivity contribution in [1.29, 1.82) is 0 Å². The van der Waals surface area contributed by atoms with Crippen LogP contribution in [0.1, 0.15) is 37.1 Å². The lowest BCUT2D eigenvalue weighted by Gasteiger charge is -2.37. The van der Waals surface area contributed by atoms with E-state index in [9.17, 15) is 4.79 Å². The van der Waals surface area contributed by atoms with Gasteiger partial charge in [0, 0.05) is 25.1 Å². The molecule has 1 saturated heterocycles. The van der Waals surface area contributed by atoms with Crippen LogP contribution in [0.3, 0.4) is 0 Å². The van der Waals surface area contributed by atoms with Crippen LogP contribution in [0.15, 0.2) is 0 Å². The second kappa shape index (κ2) is 6.98. The average molecular weight is 341 g/mol. The van der Waals surface area contributed by atoms with E-state index in [-0.39, 0.29) is 23.8 Å². The Balaban J connectivity index is 1.94. The molecule has 0 saturated carbocycles. The molecule has 1 fully saturated rings. The Morgan fingerprint density at radius 3 is 3.09 bits per heavy atom. The van der Waals surface area contributed by atoms with Crippen molar-refractivity contribution in [2.75, 3.05) is 31.2 Å². The van der Waals surface area contributed by atoms with Crippen LogP contribution in [0, 0.1) is 0 Å². The molecule has 2 unspecified atom stereocenters. The van der Waals surface area contributed by atoms with Gasteiger partial charge in [0.25, 0.3) is 0 Å². The number of nitrogens with zero attached hydrogens (tertiary/aromatic N) is 3. The van der Waals surface area contributed by atoms with E-state index in [1.54, 1.807) is 0 Å². The zero-order valence-electron chi connectivity index (χ0n) is 13.1. The first kappa shape index (κ1) is 16.4. The van der Waals surface area contributed by atoms with Gasteiger partial charge in [0.2, 0.25) is 5.28 Å². The van der Waals surface area contributed by atoms with Crippen LogP contribution in [-0.4, -0.2) is 53.4 Å². The summed E-state index contributed by atoms with van der Waals surface area (Å²) in [5, 5.41) is 12.5. The van der Waals surface area contributed by atoms with Crippen LogP contribution in [0.4, 0.5) is 5.82 Å². The lowest BCUT2D eigenvalue weighted by atomic mass is 9.96. The zero-order chi connectivity index (χ0) is 16.4. The minimum Gasteiger partial charge on any atom is -0.481 e. The number of aromatic nitrogens is 2. The third-order valence-electron chi connectivity index (χ3n) is 4.37. The maximum absolute atomic E-state index is 10.9. The van der Waals surface area contributed by atoms with E-state index in [2.05, 4.69) is 27.1 Å². The Labute approximate surface area is 140 Å². The number of halogens is 1. The van der Waals surface area contributed by atoms with Crippen molar-refractivity contribution in [1.82, 2.24) is 15.3 Å². The smallest absolute Gasteiger partial charge is 0.303 e. The molecule has 0 aromatic carbocycles. The number of anilines is 1. The highest BCUT2D eigenvalue weighted by atomic mass is 35.5. The Bertz CT molecular complexity index is 598. The number of carboxylic acids is 1. The molecule has 8 heteroatoms. The van der Waals surface area contributed by atoms with Crippen LogP contribution in [0.25, 0.3) is 0 Å². The lowest BCUT2D eigenvalue weighted by Crippen LogP contribution is -2.45. The normalized spacial score (nSPS) is 24.3. The highest BCUT2D eigenvalue weighted by Crippen LogP contribution is 2.33.